The van der Waals surface area contributed by atoms with Crippen molar-refractivity contribution in [1.82, 2.24) is 19.7 Å². The van der Waals surface area contributed by atoms with Gasteiger partial charge in [0.05, 0.1) is 25.5 Å². The van der Waals surface area contributed by atoms with Gasteiger partial charge in [0.2, 0.25) is 11.9 Å². The summed E-state index contributed by atoms with van der Waals surface area (Å²) in [4.78, 5) is 24.9. The summed E-state index contributed by atoms with van der Waals surface area (Å²) in [5.41, 5.74) is 3.01. The number of nitrogens with zero attached hydrogens (tertiary/aromatic N) is 6. The van der Waals surface area contributed by atoms with E-state index in [-0.39, 0.29) is 5.91 Å². The molecular formula is C21H25N7O. The van der Waals surface area contributed by atoms with Crippen molar-refractivity contribution in [3.8, 4) is 0 Å². The van der Waals surface area contributed by atoms with E-state index < -0.39 is 0 Å². The highest BCUT2D eigenvalue weighted by atomic mass is 16.2. The Morgan fingerprint density at radius 1 is 1.14 bits per heavy atom. The number of hydrogen-bond donors (Lipinski definition) is 1. The number of benzene rings is 1. The van der Waals surface area contributed by atoms with Crippen molar-refractivity contribution in [1.29, 1.82) is 0 Å². The van der Waals surface area contributed by atoms with Gasteiger partial charge >= 0.3 is 0 Å². The highest BCUT2D eigenvalue weighted by Gasteiger charge is 2.28. The maximum Gasteiger partial charge on any atom is 0.246 e. The lowest BCUT2D eigenvalue weighted by atomic mass is 10.2. The molecule has 0 spiro atoms. The Bertz CT molecular complexity index is 986. The largest absolute Gasteiger partial charge is 0.350 e. The average molecular weight is 391 g/mol. The van der Waals surface area contributed by atoms with Crippen molar-refractivity contribution in [2.75, 3.05) is 35.3 Å². The molecule has 4 rings (SSSR count). The third-order valence-electron chi connectivity index (χ3n) is 4.93. The van der Waals surface area contributed by atoms with E-state index in [1.54, 1.807) is 18.1 Å². The van der Waals surface area contributed by atoms with E-state index in [4.69, 9.17) is 0 Å². The number of amides is 1. The number of hydrogen-bond acceptors (Lipinski definition) is 6. The molecule has 3 heterocycles. The van der Waals surface area contributed by atoms with E-state index in [0.29, 0.717) is 19.0 Å². The predicted octanol–water partition coefficient (Wildman–Crippen LogP) is 2.53. The lowest BCUT2D eigenvalue weighted by Crippen LogP contribution is -2.44. The van der Waals surface area contributed by atoms with Crippen LogP contribution >= 0.6 is 0 Å². The second-order valence-corrected chi connectivity index (χ2v) is 7.16. The second kappa shape index (κ2) is 8.30. The molecule has 0 unspecified atom stereocenters. The minimum atomic E-state index is 0.0566. The number of fused-ring (bicyclic) bond motifs is 1. The Hall–Kier alpha value is -3.42. The minimum Gasteiger partial charge on any atom is -0.350 e. The van der Waals surface area contributed by atoms with E-state index >= 15 is 0 Å². The molecule has 1 aliphatic rings. The molecule has 8 nitrogen and oxygen atoms in total. The molecule has 150 valence electrons. The Labute approximate surface area is 170 Å². The third kappa shape index (κ3) is 4.21. The molecule has 0 saturated heterocycles. The molecule has 0 atom stereocenters. The summed E-state index contributed by atoms with van der Waals surface area (Å²) >= 11 is 0. The molecule has 0 saturated carbocycles. The van der Waals surface area contributed by atoms with Gasteiger partial charge in [-0.05, 0) is 12.0 Å². The van der Waals surface area contributed by atoms with Crippen LogP contribution in [0.1, 0.15) is 24.5 Å². The molecule has 1 N–H and O–H groups in total. The molecule has 2 aromatic heterocycles. The first-order chi connectivity index (χ1) is 14.1. The zero-order chi connectivity index (χ0) is 20.2. The number of nitrogens with one attached hydrogen (secondary N) is 1. The second-order valence-electron chi connectivity index (χ2n) is 7.16. The van der Waals surface area contributed by atoms with Gasteiger partial charge in [-0.2, -0.15) is 10.1 Å². The molecule has 1 aliphatic heterocycles. The Kier molecular flexibility index (Phi) is 5.41. The summed E-state index contributed by atoms with van der Waals surface area (Å²) in [6.07, 6.45) is 6.53. The van der Waals surface area contributed by atoms with Crippen molar-refractivity contribution >= 4 is 23.4 Å². The summed E-state index contributed by atoms with van der Waals surface area (Å²) in [6.45, 7) is 4.55. The number of carbonyl (C=O) groups excluding carboxylic acids is 1. The van der Waals surface area contributed by atoms with Crippen LogP contribution in [0.2, 0.25) is 0 Å². The summed E-state index contributed by atoms with van der Waals surface area (Å²) in [5, 5.41) is 7.70. The van der Waals surface area contributed by atoms with E-state index in [1.165, 1.54) is 5.56 Å². The van der Waals surface area contributed by atoms with Gasteiger partial charge < -0.3 is 15.1 Å². The van der Waals surface area contributed by atoms with E-state index in [9.17, 15) is 4.79 Å². The van der Waals surface area contributed by atoms with Gasteiger partial charge in [0, 0.05) is 31.9 Å². The van der Waals surface area contributed by atoms with E-state index in [2.05, 4.69) is 39.4 Å². The molecule has 1 amide bonds. The van der Waals surface area contributed by atoms with E-state index in [1.807, 2.05) is 40.2 Å². The molecular weight excluding hydrogens is 366 g/mol. The number of likely N-dealkylation sites (N-methyl/N-ethyl adjacent to an activating group) is 1. The lowest BCUT2D eigenvalue weighted by Gasteiger charge is -2.34. The minimum absolute atomic E-state index is 0.0566. The normalized spacial score (nSPS) is 13.5. The van der Waals surface area contributed by atoms with Crippen LogP contribution in [-0.4, -0.2) is 45.8 Å². The number of carbonyl (C=O) groups is 1. The molecule has 0 aliphatic carbocycles. The zero-order valence-electron chi connectivity index (χ0n) is 16.7. The Morgan fingerprint density at radius 3 is 2.76 bits per heavy atom. The number of anilines is 3. The molecule has 0 bridgehead atoms. The van der Waals surface area contributed by atoms with Crippen LogP contribution in [0.25, 0.3) is 0 Å². The van der Waals surface area contributed by atoms with Crippen LogP contribution in [0.4, 0.5) is 17.5 Å². The van der Waals surface area contributed by atoms with Crippen molar-refractivity contribution in [3.05, 3.63) is 60.0 Å². The van der Waals surface area contributed by atoms with Crippen LogP contribution in [0.5, 0.6) is 0 Å². The quantitative estimate of drug-likeness (QED) is 0.667. The fourth-order valence-electron chi connectivity index (χ4n) is 3.39. The van der Waals surface area contributed by atoms with Gasteiger partial charge in [-0.15, -0.1) is 0 Å². The molecule has 29 heavy (non-hydrogen) atoms. The van der Waals surface area contributed by atoms with Crippen molar-refractivity contribution in [2.24, 2.45) is 0 Å². The lowest BCUT2D eigenvalue weighted by molar-refractivity contribution is -0.117. The fourth-order valence-corrected chi connectivity index (χ4v) is 3.39. The Morgan fingerprint density at radius 2 is 1.97 bits per heavy atom. The smallest absolute Gasteiger partial charge is 0.246 e. The van der Waals surface area contributed by atoms with Crippen LogP contribution in [0, 0.1) is 0 Å². The van der Waals surface area contributed by atoms with Crippen LogP contribution in [0.3, 0.4) is 0 Å². The predicted molar refractivity (Wildman–Crippen MR) is 113 cm³/mol. The van der Waals surface area contributed by atoms with Gasteiger partial charge in [-0.1, -0.05) is 37.3 Å². The Balaban J connectivity index is 1.44. The molecule has 3 aromatic rings. The van der Waals surface area contributed by atoms with Gasteiger partial charge in [0.15, 0.2) is 5.82 Å². The van der Waals surface area contributed by atoms with Crippen molar-refractivity contribution < 1.29 is 4.79 Å². The molecule has 0 fully saturated rings. The summed E-state index contributed by atoms with van der Waals surface area (Å²) in [7, 11) is 1.77. The van der Waals surface area contributed by atoms with Gasteiger partial charge in [0.1, 0.15) is 5.69 Å². The third-order valence-corrected chi connectivity index (χ3v) is 4.93. The van der Waals surface area contributed by atoms with Gasteiger partial charge in [-0.3, -0.25) is 9.48 Å². The van der Waals surface area contributed by atoms with Crippen molar-refractivity contribution in [3.63, 3.8) is 0 Å². The summed E-state index contributed by atoms with van der Waals surface area (Å²) in [5.74, 6) is 1.40. The maximum absolute atomic E-state index is 12.2. The zero-order valence-corrected chi connectivity index (χ0v) is 16.7. The van der Waals surface area contributed by atoms with Crippen molar-refractivity contribution in [2.45, 2.75) is 26.4 Å². The van der Waals surface area contributed by atoms with Gasteiger partial charge in [0.25, 0.3) is 0 Å². The first-order valence-corrected chi connectivity index (χ1v) is 9.81. The summed E-state index contributed by atoms with van der Waals surface area (Å²) < 4.78 is 1.92. The summed E-state index contributed by atoms with van der Waals surface area (Å²) in [6, 6.07) is 10.2. The van der Waals surface area contributed by atoms with Crippen LogP contribution in [-0.2, 0) is 17.9 Å². The average Bonchev–Trinajstić information content (AvgIpc) is 3.18. The maximum atomic E-state index is 12.2. The standard InChI is InChI=1S/C21H25N7O/c1-3-9-27-15-19(29)26(2)18-12-23-21(25-20(18)27)22-10-17-11-24-28(14-17)13-16-7-5-4-6-8-16/h4-8,11-12,14H,3,9-10,13,15H2,1-2H3,(H,22,23,25). The molecule has 8 heteroatoms. The first kappa shape index (κ1) is 18.9. The molecule has 1 aromatic carbocycles. The molecule has 0 radical (unpaired) electrons. The highest BCUT2D eigenvalue weighted by Crippen LogP contribution is 2.31. The first-order valence-electron chi connectivity index (χ1n) is 9.81. The van der Waals surface area contributed by atoms with Crippen LogP contribution in [0.15, 0.2) is 48.9 Å². The van der Waals surface area contributed by atoms with Gasteiger partial charge in [-0.25, -0.2) is 4.98 Å². The number of rotatable bonds is 7. The topological polar surface area (TPSA) is 79.2 Å². The number of aromatic nitrogens is 4. The van der Waals surface area contributed by atoms with Crippen LogP contribution < -0.4 is 15.1 Å². The van der Waals surface area contributed by atoms with E-state index in [0.717, 1.165) is 36.6 Å². The fraction of sp³-hybridized carbons (Fsp3) is 0.333. The monoisotopic (exact) mass is 391 g/mol. The SMILES string of the molecule is CCCN1CC(=O)N(C)c2cnc(NCc3cnn(Cc4ccccc4)c3)nc21. The highest BCUT2D eigenvalue weighted by molar-refractivity contribution is 6.01.